The van der Waals surface area contributed by atoms with E-state index in [1.165, 1.54) is 6.33 Å². The molecule has 0 bridgehead atoms. The number of hydrogen-bond acceptors (Lipinski definition) is 4. The van der Waals surface area contributed by atoms with Gasteiger partial charge in [-0.25, -0.2) is 4.98 Å². The molecule has 0 saturated heterocycles. The molecule has 0 unspecified atom stereocenters. The van der Waals surface area contributed by atoms with E-state index in [-0.39, 0.29) is 5.91 Å². The fourth-order valence-electron chi connectivity index (χ4n) is 1.30. The van der Waals surface area contributed by atoms with Gasteiger partial charge in [0.05, 0.1) is 13.0 Å². The molecule has 1 amide bonds. The summed E-state index contributed by atoms with van der Waals surface area (Å²) in [6, 6.07) is 1.78. The van der Waals surface area contributed by atoms with Crippen molar-refractivity contribution in [2.24, 2.45) is 0 Å². The third-order valence-electron chi connectivity index (χ3n) is 2.18. The summed E-state index contributed by atoms with van der Waals surface area (Å²) in [4.78, 5) is 17.3. The van der Waals surface area contributed by atoms with Gasteiger partial charge in [-0.05, 0) is 6.07 Å². The summed E-state index contributed by atoms with van der Waals surface area (Å²) >= 11 is 0. The summed E-state index contributed by atoms with van der Waals surface area (Å²) in [5, 5.41) is 13.0. The Balaban J connectivity index is 1.90. The molecular formula is C9H12N6O. The van der Waals surface area contributed by atoms with Crippen molar-refractivity contribution in [2.75, 3.05) is 7.05 Å². The minimum Gasteiger partial charge on any atom is -0.338 e. The van der Waals surface area contributed by atoms with Gasteiger partial charge in [-0.2, -0.15) is 10.2 Å². The van der Waals surface area contributed by atoms with E-state index in [0.717, 1.165) is 5.69 Å². The zero-order valence-corrected chi connectivity index (χ0v) is 8.84. The number of nitrogens with zero attached hydrogens (tertiary/aromatic N) is 4. The maximum absolute atomic E-state index is 11.8. The molecule has 2 heterocycles. The maximum Gasteiger partial charge on any atom is 0.228 e. The highest BCUT2D eigenvalue weighted by molar-refractivity contribution is 5.77. The first-order chi connectivity index (χ1) is 7.75. The Bertz CT molecular complexity index is 435. The molecule has 2 aromatic heterocycles. The van der Waals surface area contributed by atoms with Crippen molar-refractivity contribution in [2.45, 2.75) is 13.0 Å². The fraction of sp³-hybridized carbons (Fsp3) is 0.333. The van der Waals surface area contributed by atoms with Crippen LogP contribution in [-0.2, 0) is 17.8 Å². The molecule has 0 atom stereocenters. The molecule has 84 valence electrons. The molecule has 7 heteroatoms. The lowest BCUT2D eigenvalue weighted by atomic mass is 10.3. The lowest BCUT2D eigenvalue weighted by Crippen LogP contribution is -2.28. The summed E-state index contributed by atoms with van der Waals surface area (Å²) < 4.78 is 0. The van der Waals surface area contributed by atoms with Crippen LogP contribution in [0.2, 0.25) is 0 Å². The topological polar surface area (TPSA) is 90.6 Å². The van der Waals surface area contributed by atoms with Crippen LogP contribution in [0.25, 0.3) is 0 Å². The number of aromatic nitrogens is 5. The van der Waals surface area contributed by atoms with Gasteiger partial charge in [0.2, 0.25) is 5.91 Å². The normalized spacial score (nSPS) is 10.3. The molecule has 0 aromatic carbocycles. The van der Waals surface area contributed by atoms with Crippen molar-refractivity contribution >= 4 is 5.91 Å². The maximum atomic E-state index is 11.8. The quantitative estimate of drug-likeness (QED) is 0.742. The number of likely N-dealkylation sites (N-methyl/N-ethyl adjacent to an activating group) is 1. The molecule has 2 N–H and O–H groups in total. The van der Waals surface area contributed by atoms with Crippen molar-refractivity contribution in [3.63, 3.8) is 0 Å². The second-order valence-corrected chi connectivity index (χ2v) is 3.44. The monoisotopic (exact) mass is 220 g/mol. The predicted octanol–water partition coefficient (Wildman–Crippen LogP) is -0.271. The Morgan fingerprint density at radius 1 is 1.44 bits per heavy atom. The number of rotatable bonds is 4. The molecule has 0 saturated carbocycles. The lowest BCUT2D eigenvalue weighted by Gasteiger charge is -2.14. The van der Waals surface area contributed by atoms with Gasteiger partial charge in [0, 0.05) is 18.9 Å². The van der Waals surface area contributed by atoms with Gasteiger partial charge in [-0.1, -0.05) is 0 Å². The first-order valence-electron chi connectivity index (χ1n) is 4.82. The molecular weight excluding hydrogens is 208 g/mol. The molecule has 0 aliphatic rings. The molecule has 0 fully saturated rings. The SMILES string of the molecule is CN(Cc1ncn[nH]1)C(=O)Cc1ccn[nH]1. The number of carbonyl (C=O) groups is 1. The van der Waals surface area contributed by atoms with Crippen LogP contribution in [-0.4, -0.2) is 43.2 Å². The Kier molecular flexibility index (Phi) is 2.95. The molecule has 0 radical (unpaired) electrons. The van der Waals surface area contributed by atoms with Crippen LogP contribution in [0.1, 0.15) is 11.5 Å². The van der Waals surface area contributed by atoms with Gasteiger partial charge >= 0.3 is 0 Å². The average molecular weight is 220 g/mol. The van der Waals surface area contributed by atoms with Crippen LogP contribution in [0, 0.1) is 0 Å². The van der Waals surface area contributed by atoms with Crippen LogP contribution < -0.4 is 0 Å². The smallest absolute Gasteiger partial charge is 0.228 e. The van der Waals surface area contributed by atoms with Gasteiger partial charge < -0.3 is 4.90 Å². The molecule has 0 aliphatic heterocycles. The van der Waals surface area contributed by atoms with Crippen LogP contribution in [0.5, 0.6) is 0 Å². The molecule has 0 aliphatic carbocycles. The largest absolute Gasteiger partial charge is 0.338 e. The van der Waals surface area contributed by atoms with E-state index >= 15 is 0 Å². The standard InChI is InChI=1S/C9H12N6O/c1-15(5-8-10-6-12-14-8)9(16)4-7-2-3-11-13-7/h2-3,6H,4-5H2,1H3,(H,11,13)(H,10,12,14). The second kappa shape index (κ2) is 4.56. The van der Waals surface area contributed by atoms with Crippen LogP contribution in [0.3, 0.4) is 0 Å². The highest BCUT2D eigenvalue weighted by atomic mass is 16.2. The number of hydrogen-bond donors (Lipinski definition) is 2. The Morgan fingerprint density at radius 2 is 2.31 bits per heavy atom. The summed E-state index contributed by atoms with van der Waals surface area (Å²) in [5.41, 5.74) is 0.800. The van der Waals surface area contributed by atoms with Gasteiger partial charge in [0.1, 0.15) is 12.2 Å². The summed E-state index contributed by atoms with van der Waals surface area (Å²) in [6.45, 7) is 0.424. The lowest BCUT2D eigenvalue weighted by molar-refractivity contribution is -0.129. The molecule has 2 rings (SSSR count). The second-order valence-electron chi connectivity index (χ2n) is 3.44. The third-order valence-corrected chi connectivity index (χ3v) is 2.18. The average Bonchev–Trinajstić information content (AvgIpc) is 2.90. The number of carbonyl (C=O) groups excluding carboxylic acids is 1. The number of amides is 1. The minimum atomic E-state index is 0.000602. The van der Waals surface area contributed by atoms with E-state index < -0.39 is 0 Å². The molecule has 16 heavy (non-hydrogen) atoms. The van der Waals surface area contributed by atoms with Crippen LogP contribution >= 0.6 is 0 Å². The Labute approximate surface area is 91.9 Å². The molecule has 0 spiro atoms. The van der Waals surface area contributed by atoms with Gasteiger partial charge in [-0.15, -0.1) is 0 Å². The molecule has 2 aromatic rings. The van der Waals surface area contributed by atoms with E-state index in [1.807, 2.05) is 0 Å². The zero-order chi connectivity index (χ0) is 11.4. The minimum absolute atomic E-state index is 0.000602. The summed E-state index contributed by atoms with van der Waals surface area (Å²) in [6.07, 6.45) is 3.35. The highest BCUT2D eigenvalue weighted by Crippen LogP contribution is 2.00. The van der Waals surface area contributed by atoms with Crippen LogP contribution in [0.15, 0.2) is 18.6 Å². The first-order valence-corrected chi connectivity index (χ1v) is 4.82. The van der Waals surface area contributed by atoms with E-state index in [4.69, 9.17) is 0 Å². The van der Waals surface area contributed by atoms with E-state index in [2.05, 4.69) is 25.4 Å². The van der Waals surface area contributed by atoms with E-state index in [0.29, 0.717) is 18.8 Å². The first kappa shape index (κ1) is 10.3. The Hall–Kier alpha value is -2.18. The number of H-pyrrole nitrogens is 2. The number of aromatic amines is 2. The third kappa shape index (κ3) is 2.44. The van der Waals surface area contributed by atoms with Crippen molar-refractivity contribution in [3.8, 4) is 0 Å². The summed E-state index contributed by atoms with van der Waals surface area (Å²) in [5.74, 6) is 0.668. The van der Waals surface area contributed by atoms with Crippen molar-refractivity contribution in [1.29, 1.82) is 0 Å². The highest BCUT2D eigenvalue weighted by Gasteiger charge is 2.11. The van der Waals surface area contributed by atoms with Gasteiger partial charge in [-0.3, -0.25) is 15.0 Å². The predicted molar refractivity (Wildman–Crippen MR) is 55.1 cm³/mol. The summed E-state index contributed by atoms with van der Waals surface area (Å²) in [7, 11) is 1.72. The van der Waals surface area contributed by atoms with E-state index in [9.17, 15) is 4.79 Å². The van der Waals surface area contributed by atoms with Gasteiger partial charge in [0.15, 0.2) is 0 Å². The van der Waals surface area contributed by atoms with Crippen molar-refractivity contribution in [1.82, 2.24) is 30.3 Å². The van der Waals surface area contributed by atoms with Crippen LogP contribution in [0.4, 0.5) is 0 Å². The van der Waals surface area contributed by atoms with E-state index in [1.54, 1.807) is 24.2 Å². The van der Waals surface area contributed by atoms with Crippen molar-refractivity contribution in [3.05, 3.63) is 30.1 Å². The zero-order valence-electron chi connectivity index (χ0n) is 8.84. The van der Waals surface area contributed by atoms with Gasteiger partial charge in [0.25, 0.3) is 0 Å². The number of nitrogens with one attached hydrogen (secondary N) is 2. The van der Waals surface area contributed by atoms with Crippen molar-refractivity contribution < 1.29 is 4.79 Å². The molecule has 7 nitrogen and oxygen atoms in total. The Morgan fingerprint density at radius 3 is 2.94 bits per heavy atom. The fourth-order valence-corrected chi connectivity index (χ4v) is 1.30.